The third-order valence-electron chi connectivity index (χ3n) is 6.50. The summed E-state index contributed by atoms with van der Waals surface area (Å²) in [7, 11) is 0. The van der Waals surface area contributed by atoms with Crippen molar-refractivity contribution in [2.24, 2.45) is 0 Å². The van der Waals surface area contributed by atoms with Crippen molar-refractivity contribution >= 4 is 78.9 Å². The van der Waals surface area contributed by atoms with Gasteiger partial charge in [0.2, 0.25) is 0 Å². The standard InChI is InChI=1S/C21H20Br2F6S4/c1-5-17-11(13(22)15(32-17)30-7-3)9-10(20(26,27)21(28,29)19(9,24)25)12-14(23)16(31-8-4)33-18(12,17)6-2/h5-8H2,1-4H3/t17-,18-/m0/s1. The molecule has 1 fully saturated rings. The molecule has 0 radical (unpaired) electrons. The topological polar surface area (TPSA) is 0 Å². The molecule has 0 saturated heterocycles. The van der Waals surface area contributed by atoms with Gasteiger partial charge in [0, 0.05) is 20.1 Å². The summed E-state index contributed by atoms with van der Waals surface area (Å²) in [6.07, 6.45) is 0.628. The van der Waals surface area contributed by atoms with Crippen molar-refractivity contribution < 1.29 is 26.3 Å². The third-order valence-corrected chi connectivity index (χ3v) is 15.1. The van der Waals surface area contributed by atoms with Gasteiger partial charge in [0.1, 0.15) is 0 Å². The van der Waals surface area contributed by atoms with Gasteiger partial charge in [-0.1, -0.05) is 27.7 Å². The minimum Gasteiger partial charge on any atom is -0.194 e. The molecule has 2 heterocycles. The summed E-state index contributed by atoms with van der Waals surface area (Å²) in [5, 5.41) is 0. The Bertz CT molecular complexity index is 967. The summed E-state index contributed by atoms with van der Waals surface area (Å²) in [4.78, 5) is 0. The molecule has 0 unspecified atom stereocenters. The summed E-state index contributed by atoms with van der Waals surface area (Å²) in [6, 6.07) is 0. The molecule has 33 heavy (non-hydrogen) atoms. The Morgan fingerprint density at radius 3 is 1.24 bits per heavy atom. The van der Waals surface area contributed by atoms with E-state index in [1.165, 1.54) is 47.0 Å². The van der Waals surface area contributed by atoms with Crippen LogP contribution in [0.1, 0.15) is 40.5 Å². The van der Waals surface area contributed by atoms with Crippen LogP contribution < -0.4 is 0 Å². The summed E-state index contributed by atoms with van der Waals surface area (Å²) < 4.78 is 91.0. The molecule has 0 aromatic carbocycles. The highest BCUT2D eigenvalue weighted by molar-refractivity contribution is 9.12. The molecule has 0 spiro atoms. The first-order chi connectivity index (χ1) is 15.3. The second-order valence-corrected chi connectivity index (χ2v) is 15.1. The maximum absolute atomic E-state index is 15.4. The monoisotopic (exact) mass is 672 g/mol. The van der Waals surface area contributed by atoms with Gasteiger partial charge in [-0.15, -0.1) is 47.0 Å². The normalized spacial score (nSPS) is 33.8. The van der Waals surface area contributed by atoms with E-state index in [0.717, 1.165) is 0 Å². The summed E-state index contributed by atoms with van der Waals surface area (Å²) >= 11 is 12.3. The minimum atomic E-state index is -5.54. The van der Waals surface area contributed by atoms with E-state index in [0.29, 0.717) is 32.8 Å². The average Bonchev–Trinajstić information content (AvgIpc) is 3.23. The number of alkyl halides is 6. The van der Waals surface area contributed by atoms with Crippen LogP contribution in [0.5, 0.6) is 0 Å². The van der Waals surface area contributed by atoms with Crippen LogP contribution in [0.15, 0.2) is 39.7 Å². The average molecular weight is 674 g/mol. The molecular formula is C21H20Br2F6S4. The highest BCUT2D eigenvalue weighted by Crippen LogP contribution is 2.79. The van der Waals surface area contributed by atoms with Gasteiger partial charge in [0.15, 0.2) is 0 Å². The molecule has 2 aliphatic carbocycles. The van der Waals surface area contributed by atoms with Gasteiger partial charge in [-0.25, -0.2) is 0 Å². The van der Waals surface area contributed by atoms with E-state index in [1.807, 2.05) is 27.7 Å². The molecular weight excluding hydrogens is 654 g/mol. The zero-order valence-electron chi connectivity index (χ0n) is 18.0. The second-order valence-electron chi connectivity index (χ2n) is 7.86. The van der Waals surface area contributed by atoms with Crippen LogP contribution in [-0.4, -0.2) is 38.8 Å². The smallest absolute Gasteiger partial charge is 0.194 e. The van der Waals surface area contributed by atoms with E-state index in [2.05, 4.69) is 31.9 Å². The maximum atomic E-state index is 15.4. The molecule has 12 heteroatoms. The van der Waals surface area contributed by atoms with Crippen molar-refractivity contribution in [1.29, 1.82) is 0 Å². The highest BCUT2D eigenvalue weighted by atomic mass is 79.9. The molecule has 4 rings (SSSR count). The van der Waals surface area contributed by atoms with Crippen LogP contribution in [0.2, 0.25) is 0 Å². The van der Waals surface area contributed by atoms with Crippen molar-refractivity contribution in [3.8, 4) is 0 Å². The predicted octanol–water partition coefficient (Wildman–Crippen LogP) is 9.94. The minimum absolute atomic E-state index is 0.0936. The number of hydrogen-bond donors (Lipinski definition) is 0. The van der Waals surface area contributed by atoms with Gasteiger partial charge in [-0.05, 0) is 67.4 Å². The number of fused-ring (bicyclic) bond motifs is 4. The predicted molar refractivity (Wildman–Crippen MR) is 138 cm³/mol. The lowest BCUT2D eigenvalue weighted by molar-refractivity contribution is -0.258. The SMILES string of the molecule is CCSC1=C(Br)C2=C3C(=C4C(Br)=C(SCC)S[C@]4(CC)[C@@]2(CC)S1)C(F)(F)C(F)(F)C3(F)F. The lowest BCUT2D eigenvalue weighted by atomic mass is 9.67. The number of hydrogen-bond acceptors (Lipinski definition) is 4. The summed E-state index contributed by atoms with van der Waals surface area (Å²) in [6.45, 7) is 7.42. The Labute approximate surface area is 222 Å². The molecule has 0 aromatic heterocycles. The number of thioether (sulfide) groups is 4. The van der Waals surface area contributed by atoms with Crippen molar-refractivity contribution in [3.05, 3.63) is 39.7 Å². The summed E-state index contributed by atoms with van der Waals surface area (Å²) in [5.41, 5.74) is -2.59. The first-order valence-corrected chi connectivity index (χ1v) is 15.5. The Kier molecular flexibility index (Phi) is 6.91. The van der Waals surface area contributed by atoms with E-state index in [1.54, 1.807) is 0 Å². The lowest BCUT2D eigenvalue weighted by Crippen LogP contribution is -2.52. The van der Waals surface area contributed by atoms with Gasteiger partial charge in [0.25, 0.3) is 0 Å². The fraction of sp³-hybridized carbons (Fsp3) is 0.619. The van der Waals surface area contributed by atoms with Crippen molar-refractivity contribution in [2.45, 2.75) is 67.8 Å². The quantitative estimate of drug-likeness (QED) is 0.257. The molecule has 0 N–H and O–H groups in total. The maximum Gasteiger partial charge on any atom is 0.380 e. The van der Waals surface area contributed by atoms with E-state index in [-0.39, 0.29) is 20.1 Å². The van der Waals surface area contributed by atoms with Crippen LogP contribution in [0.4, 0.5) is 26.3 Å². The Balaban J connectivity index is 2.23. The first kappa shape index (κ1) is 26.9. The van der Waals surface area contributed by atoms with Gasteiger partial charge in [-0.2, -0.15) is 26.3 Å². The van der Waals surface area contributed by atoms with Gasteiger partial charge < -0.3 is 0 Å². The van der Waals surface area contributed by atoms with Crippen LogP contribution in [0.3, 0.4) is 0 Å². The molecule has 0 aromatic rings. The van der Waals surface area contributed by atoms with Crippen molar-refractivity contribution in [2.75, 3.05) is 11.5 Å². The fourth-order valence-electron chi connectivity index (χ4n) is 5.16. The lowest BCUT2D eigenvalue weighted by Gasteiger charge is -2.51. The summed E-state index contributed by atoms with van der Waals surface area (Å²) in [5.74, 6) is -14.3. The van der Waals surface area contributed by atoms with Crippen LogP contribution in [0, 0.1) is 0 Å². The molecule has 2 aliphatic heterocycles. The second kappa shape index (κ2) is 8.46. The Morgan fingerprint density at radius 1 is 0.636 bits per heavy atom. The third kappa shape index (κ3) is 3.03. The fourth-order valence-corrected chi connectivity index (χ4v) is 13.7. The largest absolute Gasteiger partial charge is 0.380 e. The molecule has 0 nitrogen and oxygen atoms in total. The van der Waals surface area contributed by atoms with E-state index < -0.39 is 38.4 Å². The zero-order valence-corrected chi connectivity index (χ0v) is 24.4. The number of rotatable bonds is 6. The molecule has 1 saturated carbocycles. The van der Waals surface area contributed by atoms with Crippen LogP contribution in [0.25, 0.3) is 0 Å². The van der Waals surface area contributed by atoms with E-state index in [4.69, 9.17) is 0 Å². The molecule has 184 valence electrons. The molecule has 0 bridgehead atoms. The number of allylic oxidation sites excluding steroid dienone is 4. The molecule has 2 atom stereocenters. The number of halogens is 8. The van der Waals surface area contributed by atoms with E-state index in [9.17, 15) is 8.78 Å². The van der Waals surface area contributed by atoms with Crippen molar-refractivity contribution in [3.63, 3.8) is 0 Å². The molecule has 0 amide bonds. The first-order valence-electron chi connectivity index (χ1n) is 10.3. The Morgan fingerprint density at radius 2 is 0.970 bits per heavy atom. The van der Waals surface area contributed by atoms with Crippen LogP contribution >= 0.6 is 78.9 Å². The van der Waals surface area contributed by atoms with Gasteiger partial charge in [-0.3, -0.25) is 0 Å². The van der Waals surface area contributed by atoms with Crippen molar-refractivity contribution in [1.82, 2.24) is 0 Å². The Hall–Kier alpha value is 0.900. The van der Waals surface area contributed by atoms with Gasteiger partial charge in [0.05, 0.1) is 18.0 Å². The highest BCUT2D eigenvalue weighted by Gasteiger charge is 2.85. The van der Waals surface area contributed by atoms with Crippen LogP contribution in [-0.2, 0) is 0 Å². The van der Waals surface area contributed by atoms with E-state index >= 15 is 17.6 Å². The zero-order chi connectivity index (χ0) is 24.8. The van der Waals surface area contributed by atoms with Gasteiger partial charge >= 0.3 is 17.8 Å². The molecule has 4 aliphatic rings.